The highest BCUT2D eigenvalue weighted by Crippen LogP contribution is 2.26. The molecule has 0 unspecified atom stereocenters. The lowest BCUT2D eigenvalue weighted by molar-refractivity contribution is -0.141. The molecule has 0 aliphatic rings. The summed E-state index contributed by atoms with van der Waals surface area (Å²) < 4.78 is 56.8. The van der Waals surface area contributed by atoms with Gasteiger partial charge in [-0.2, -0.15) is 13.2 Å². The largest absolute Gasteiger partial charge is 0.431 e. The average Bonchev–Trinajstić information content (AvgIpc) is 2.59. The quantitative estimate of drug-likeness (QED) is 0.536. The second-order valence-electron chi connectivity index (χ2n) is 6.11. The van der Waals surface area contributed by atoms with Crippen LogP contribution >= 0.6 is 23.7 Å². The van der Waals surface area contributed by atoms with E-state index in [2.05, 4.69) is 4.72 Å². The lowest BCUT2D eigenvalue weighted by Crippen LogP contribution is -2.36. The maximum atomic E-state index is 14.3. The zero-order valence-electron chi connectivity index (χ0n) is 15.2. The van der Waals surface area contributed by atoms with E-state index in [0.717, 1.165) is 18.2 Å². The molecule has 1 amide bonds. The van der Waals surface area contributed by atoms with Gasteiger partial charge in [-0.3, -0.25) is 14.3 Å². The third-order valence-electron chi connectivity index (χ3n) is 3.77. The molecule has 2 rings (SSSR count). The van der Waals surface area contributed by atoms with Crippen LogP contribution in [0.2, 0.25) is 5.02 Å². The lowest BCUT2D eigenvalue weighted by Gasteiger charge is -2.19. The maximum Gasteiger partial charge on any atom is 0.431 e. The molecule has 0 aliphatic heterocycles. The van der Waals surface area contributed by atoms with Crippen molar-refractivity contribution in [1.29, 1.82) is 0 Å². The summed E-state index contributed by atoms with van der Waals surface area (Å²) in [7, 11) is 1.70. The molecule has 0 saturated heterocycles. The van der Waals surface area contributed by atoms with Gasteiger partial charge in [0, 0.05) is 24.2 Å². The molecule has 29 heavy (non-hydrogen) atoms. The van der Waals surface area contributed by atoms with Gasteiger partial charge in [-0.25, -0.2) is 18.1 Å². The normalized spacial score (nSPS) is 11.9. The second-order valence-corrected chi connectivity index (χ2v) is 7.48. The van der Waals surface area contributed by atoms with Crippen LogP contribution in [0.4, 0.5) is 17.6 Å². The van der Waals surface area contributed by atoms with Crippen molar-refractivity contribution in [1.82, 2.24) is 18.6 Å². The summed E-state index contributed by atoms with van der Waals surface area (Å²) in [6.07, 6.45) is -4.97. The Labute approximate surface area is 170 Å². The number of amides is 1. The first kappa shape index (κ1) is 23.0. The van der Waals surface area contributed by atoms with Crippen LogP contribution in [-0.2, 0) is 6.18 Å². The van der Waals surface area contributed by atoms with Gasteiger partial charge in [0.2, 0.25) is 0 Å². The molecule has 158 valence electrons. The molecule has 0 radical (unpaired) electrons. The van der Waals surface area contributed by atoms with Crippen molar-refractivity contribution in [2.45, 2.75) is 26.1 Å². The molecule has 1 heterocycles. The van der Waals surface area contributed by atoms with Gasteiger partial charge in [0.05, 0.1) is 16.3 Å². The van der Waals surface area contributed by atoms with Crippen LogP contribution in [0.3, 0.4) is 0 Å². The zero-order valence-corrected chi connectivity index (χ0v) is 16.8. The fourth-order valence-electron chi connectivity index (χ4n) is 2.03. The summed E-state index contributed by atoms with van der Waals surface area (Å²) in [6, 6.07) is 1.69. The molecule has 2 aromatic rings. The third kappa shape index (κ3) is 5.19. The number of nitrogens with one attached hydrogen (secondary N) is 2. The Morgan fingerprint density at radius 3 is 2.41 bits per heavy atom. The highest BCUT2D eigenvalue weighted by atomic mass is 35.5. The van der Waals surface area contributed by atoms with Gasteiger partial charge in [-0.15, -0.1) is 0 Å². The number of benzene rings is 1. The van der Waals surface area contributed by atoms with E-state index in [1.165, 1.54) is 4.98 Å². The van der Waals surface area contributed by atoms with Gasteiger partial charge < -0.3 is 4.98 Å². The van der Waals surface area contributed by atoms with Crippen LogP contribution in [0, 0.1) is 5.82 Å². The first-order chi connectivity index (χ1) is 13.3. The second kappa shape index (κ2) is 8.59. The number of alkyl halides is 3. The standard InChI is InChI=1S/C16H15ClF4N4O3S/c1-7(2)24(3)29-23-14(27)8-4-11(10(18)5-9(8)17)25-13(26)6-12(16(19,20)21)22-15(25)28/h4-7H,1-3H3,(H,22,28)(H,23,27). The fourth-order valence-corrected chi connectivity index (χ4v) is 2.82. The predicted molar refractivity (Wildman–Crippen MR) is 101 cm³/mol. The minimum Gasteiger partial charge on any atom is -0.303 e. The number of aromatic nitrogens is 2. The average molecular weight is 455 g/mol. The topological polar surface area (TPSA) is 87.2 Å². The minimum atomic E-state index is -4.97. The van der Waals surface area contributed by atoms with Crippen molar-refractivity contribution in [3.8, 4) is 5.69 Å². The molecule has 13 heteroatoms. The number of hydrogen-bond donors (Lipinski definition) is 2. The Morgan fingerprint density at radius 2 is 1.90 bits per heavy atom. The van der Waals surface area contributed by atoms with Gasteiger partial charge in [-0.1, -0.05) is 11.6 Å². The van der Waals surface area contributed by atoms with E-state index in [-0.39, 0.29) is 27.3 Å². The molecule has 0 atom stereocenters. The van der Waals surface area contributed by atoms with Crippen molar-refractivity contribution < 1.29 is 22.4 Å². The molecule has 0 fully saturated rings. The highest BCUT2D eigenvalue weighted by molar-refractivity contribution is 7.95. The molecule has 0 bridgehead atoms. The fraction of sp³-hybridized carbons (Fsp3) is 0.312. The van der Waals surface area contributed by atoms with Gasteiger partial charge in [-0.05, 0) is 33.0 Å². The first-order valence-electron chi connectivity index (χ1n) is 7.96. The number of carbonyl (C=O) groups is 1. The summed E-state index contributed by atoms with van der Waals surface area (Å²) in [5.41, 5.74) is -5.53. The van der Waals surface area contributed by atoms with Gasteiger partial charge in [0.1, 0.15) is 11.5 Å². The summed E-state index contributed by atoms with van der Waals surface area (Å²) in [5, 5.41) is -0.312. The summed E-state index contributed by atoms with van der Waals surface area (Å²) in [6.45, 7) is 3.73. The van der Waals surface area contributed by atoms with Crippen LogP contribution in [0.5, 0.6) is 0 Å². The zero-order chi connectivity index (χ0) is 22.1. The van der Waals surface area contributed by atoms with E-state index in [9.17, 15) is 31.9 Å². The number of H-pyrrole nitrogens is 1. The predicted octanol–water partition coefficient (Wildman–Crippen LogP) is 2.97. The number of aromatic amines is 1. The number of nitrogens with zero attached hydrogens (tertiary/aromatic N) is 2. The molecule has 0 aliphatic carbocycles. The van der Waals surface area contributed by atoms with E-state index in [1.807, 2.05) is 13.8 Å². The van der Waals surface area contributed by atoms with E-state index in [4.69, 9.17) is 11.6 Å². The van der Waals surface area contributed by atoms with Gasteiger partial charge >= 0.3 is 11.9 Å². The number of halogens is 5. The molecular formula is C16H15ClF4N4O3S. The van der Waals surface area contributed by atoms with Gasteiger partial charge in [0.15, 0.2) is 0 Å². The van der Waals surface area contributed by atoms with E-state index in [1.54, 1.807) is 11.4 Å². The Balaban J connectivity index is 2.51. The van der Waals surface area contributed by atoms with Gasteiger partial charge in [0.25, 0.3) is 11.5 Å². The molecule has 7 nitrogen and oxygen atoms in total. The summed E-state index contributed by atoms with van der Waals surface area (Å²) >= 11 is 6.81. The van der Waals surface area contributed by atoms with Crippen molar-refractivity contribution >= 4 is 29.6 Å². The number of carbonyl (C=O) groups excluding carboxylic acids is 1. The van der Waals surface area contributed by atoms with Crippen LogP contribution in [0.15, 0.2) is 27.8 Å². The van der Waals surface area contributed by atoms with Crippen LogP contribution in [-0.4, -0.2) is 32.9 Å². The molecule has 1 aromatic heterocycles. The van der Waals surface area contributed by atoms with Crippen LogP contribution in [0.1, 0.15) is 29.9 Å². The Hall–Kier alpha value is -2.31. The molecule has 2 N–H and O–H groups in total. The highest BCUT2D eigenvalue weighted by Gasteiger charge is 2.33. The van der Waals surface area contributed by atoms with Crippen LogP contribution in [0.25, 0.3) is 5.69 Å². The van der Waals surface area contributed by atoms with Crippen molar-refractivity contribution in [2.24, 2.45) is 0 Å². The monoisotopic (exact) mass is 454 g/mol. The summed E-state index contributed by atoms with van der Waals surface area (Å²) in [5.74, 6) is -1.93. The lowest BCUT2D eigenvalue weighted by atomic mass is 10.1. The van der Waals surface area contributed by atoms with E-state index >= 15 is 0 Å². The maximum absolute atomic E-state index is 14.3. The SMILES string of the molecule is CC(C)N(C)SNC(=O)c1cc(-n2c(=O)cc(C(F)(F)F)[nH]c2=O)c(F)cc1Cl. The van der Waals surface area contributed by atoms with Crippen molar-refractivity contribution in [2.75, 3.05) is 7.05 Å². The first-order valence-corrected chi connectivity index (χ1v) is 9.11. The summed E-state index contributed by atoms with van der Waals surface area (Å²) in [4.78, 5) is 37.9. The van der Waals surface area contributed by atoms with Crippen molar-refractivity contribution in [3.05, 3.63) is 61.1 Å². The Kier molecular flexibility index (Phi) is 6.81. The molecular weight excluding hydrogens is 440 g/mol. The minimum absolute atomic E-state index is 0.0730. The smallest absolute Gasteiger partial charge is 0.303 e. The number of rotatable bonds is 5. The van der Waals surface area contributed by atoms with E-state index in [0.29, 0.717) is 6.07 Å². The van der Waals surface area contributed by atoms with E-state index < -0.39 is 40.5 Å². The Bertz CT molecular complexity index is 1020. The van der Waals surface area contributed by atoms with Crippen LogP contribution < -0.4 is 16.0 Å². The molecule has 0 spiro atoms. The Morgan fingerprint density at radius 1 is 1.28 bits per heavy atom. The molecule has 1 aromatic carbocycles. The number of hydrogen-bond acceptors (Lipinski definition) is 5. The molecule has 0 saturated carbocycles. The third-order valence-corrected chi connectivity index (χ3v) is 5.07. The van der Waals surface area contributed by atoms with Crippen molar-refractivity contribution in [3.63, 3.8) is 0 Å².